The molecule has 1 fully saturated rings. The molecule has 2 aromatic carbocycles. The molecule has 1 aliphatic rings. The van der Waals surface area contributed by atoms with Crippen LogP contribution in [-0.2, 0) is 0 Å². The van der Waals surface area contributed by atoms with Crippen LogP contribution < -0.4 is 5.43 Å². The first-order valence-electron chi connectivity index (χ1n) is 5.77. The highest BCUT2D eigenvalue weighted by atomic mass is 16.3. The summed E-state index contributed by atoms with van der Waals surface area (Å²) in [5.41, 5.74) is 1.08. The maximum Gasteiger partial charge on any atom is 0.198 e. The highest BCUT2D eigenvalue weighted by Gasteiger charge is 2.28. The van der Waals surface area contributed by atoms with Gasteiger partial charge in [-0.2, -0.15) is 0 Å². The lowest BCUT2D eigenvalue weighted by Gasteiger charge is -2.25. The van der Waals surface area contributed by atoms with Gasteiger partial charge in [-0.25, -0.2) is 0 Å². The maximum atomic E-state index is 11.5. The molecule has 3 nitrogen and oxygen atoms in total. The number of hydrogen-bond acceptors (Lipinski definition) is 3. The normalized spacial score (nSPS) is 26.6. The molecule has 0 aromatic heterocycles. The predicted molar refractivity (Wildman–Crippen MR) is 61.5 cm³/mol. The molecule has 84 valence electrons. The maximum absolute atomic E-state index is 11.5. The second-order valence-electron chi connectivity index (χ2n) is 4.76. The number of rotatable bonds is 1. The van der Waals surface area contributed by atoms with Crippen LogP contribution in [0.4, 0.5) is 0 Å². The Kier molecular flexibility index (Phi) is 2.04. The van der Waals surface area contributed by atoms with Gasteiger partial charge in [-0.3, -0.25) is 4.79 Å². The lowest BCUT2D eigenvalue weighted by molar-refractivity contribution is 0.123. The standard InChI is InChI=1S/C13H14O3/c14-8-3-1-7(2-4-8)9-5-6-10(15)12-11(9)13(12)16/h5-8,14-15H,1-4H2. The average molecular weight is 218 g/mol. The number of hydrogen-bond donors (Lipinski definition) is 2. The highest BCUT2D eigenvalue weighted by molar-refractivity contribution is 6.04. The molecule has 0 radical (unpaired) electrons. The van der Waals surface area contributed by atoms with Gasteiger partial charge in [-0.1, -0.05) is 6.07 Å². The predicted octanol–water partition coefficient (Wildman–Crippen LogP) is 1.80. The van der Waals surface area contributed by atoms with Gasteiger partial charge in [-0.05, 0) is 43.2 Å². The van der Waals surface area contributed by atoms with Crippen molar-refractivity contribution < 1.29 is 10.2 Å². The summed E-state index contributed by atoms with van der Waals surface area (Å²) in [4.78, 5) is 11.5. The summed E-state index contributed by atoms with van der Waals surface area (Å²) in [7, 11) is 0. The van der Waals surface area contributed by atoms with Crippen molar-refractivity contribution >= 4 is 10.8 Å². The molecule has 0 bridgehead atoms. The van der Waals surface area contributed by atoms with Gasteiger partial charge in [0.15, 0.2) is 5.43 Å². The second kappa shape index (κ2) is 3.32. The van der Waals surface area contributed by atoms with E-state index >= 15 is 0 Å². The lowest BCUT2D eigenvalue weighted by Crippen LogP contribution is -2.16. The van der Waals surface area contributed by atoms with E-state index in [1.165, 1.54) is 0 Å². The number of benzene rings is 1. The highest BCUT2D eigenvalue weighted by Crippen LogP contribution is 2.39. The smallest absolute Gasteiger partial charge is 0.198 e. The Morgan fingerprint density at radius 2 is 1.75 bits per heavy atom. The number of fused-ring (bicyclic) bond motifs is 1. The fourth-order valence-corrected chi connectivity index (χ4v) is 2.75. The van der Waals surface area contributed by atoms with Crippen LogP contribution in [0.5, 0.6) is 5.75 Å². The van der Waals surface area contributed by atoms with E-state index < -0.39 is 0 Å². The zero-order valence-corrected chi connectivity index (χ0v) is 8.94. The van der Waals surface area contributed by atoms with E-state index in [1.54, 1.807) is 6.07 Å². The summed E-state index contributed by atoms with van der Waals surface area (Å²) in [5, 5.41) is 20.1. The molecule has 1 aliphatic carbocycles. The van der Waals surface area contributed by atoms with Gasteiger partial charge >= 0.3 is 0 Å². The van der Waals surface area contributed by atoms with E-state index in [2.05, 4.69) is 0 Å². The first-order valence-corrected chi connectivity index (χ1v) is 5.77. The minimum absolute atomic E-state index is 0.00335. The molecule has 2 N–H and O–H groups in total. The van der Waals surface area contributed by atoms with E-state index in [1.807, 2.05) is 6.07 Å². The Morgan fingerprint density at radius 1 is 1.06 bits per heavy atom. The van der Waals surface area contributed by atoms with Crippen LogP contribution in [0.25, 0.3) is 10.8 Å². The van der Waals surface area contributed by atoms with Gasteiger partial charge < -0.3 is 10.2 Å². The van der Waals surface area contributed by atoms with Crippen molar-refractivity contribution in [2.45, 2.75) is 37.7 Å². The monoisotopic (exact) mass is 218 g/mol. The van der Waals surface area contributed by atoms with Crippen molar-refractivity contribution in [1.82, 2.24) is 0 Å². The zero-order chi connectivity index (χ0) is 11.3. The molecule has 0 amide bonds. The summed E-state index contributed by atoms with van der Waals surface area (Å²) in [6, 6.07) is 3.48. The molecule has 2 aromatic rings. The Balaban J connectivity index is 1.95. The van der Waals surface area contributed by atoms with Crippen molar-refractivity contribution in [3.63, 3.8) is 0 Å². The summed E-state index contributed by atoms with van der Waals surface area (Å²) in [5.74, 6) is 0.490. The molecule has 0 saturated heterocycles. The van der Waals surface area contributed by atoms with Gasteiger partial charge in [0.25, 0.3) is 0 Å². The van der Waals surface area contributed by atoms with Gasteiger partial charge in [0, 0.05) is 5.39 Å². The van der Waals surface area contributed by atoms with Gasteiger partial charge in [0.05, 0.1) is 11.5 Å². The van der Waals surface area contributed by atoms with Crippen LogP contribution in [0.1, 0.15) is 37.2 Å². The largest absolute Gasteiger partial charge is 0.507 e. The molecule has 1 saturated carbocycles. The second-order valence-corrected chi connectivity index (χ2v) is 4.76. The molecular formula is C13H14O3. The van der Waals surface area contributed by atoms with E-state index in [-0.39, 0.29) is 17.3 Å². The van der Waals surface area contributed by atoms with Crippen LogP contribution >= 0.6 is 0 Å². The van der Waals surface area contributed by atoms with Crippen molar-refractivity contribution in [1.29, 1.82) is 0 Å². The summed E-state index contributed by atoms with van der Waals surface area (Å²) >= 11 is 0. The van der Waals surface area contributed by atoms with Crippen LogP contribution in [0, 0.1) is 0 Å². The molecule has 16 heavy (non-hydrogen) atoms. The van der Waals surface area contributed by atoms with Crippen molar-refractivity contribution in [3.8, 4) is 5.75 Å². The molecule has 3 heteroatoms. The molecule has 0 unspecified atom stereocenters. The third-order valence-corrected chi connectivity index (χ3v) is 3.74. The fourth-order valence-electron chi connectivity index (χ4n) is 2.75. The Hall–Kier alpha value is -1.35. The first kappa shape index (κ1) is 9.85. The fraction of sp³-hybridized carbons (Fsp3) is 0.462. The third kappa shape index (κ3) is 1.35. The van der Waals surface area contributed by atoms with Gasteiger partial charge in [0.2, 0.25) is 0 Å². The summed E-state index contributed by atoms with van der Waals surface area (Å²) in [6.45, 7) is 0. The Labute approximate surface area is 93.0 Å². The minimum Gasteiger partial charge on any atom is -0.507 e. The topological polar surface area (TPSA) is 57.5 Å². The minimum atomic E-state index is -0.173. The Bertz CT molecular complexity index is 540. The molecule has 0 aliphatic heterocycles. The molecule has 0 spiro atoms. The third-order valence-electron chi connectivity index (χ3n) is 3.74. The van der Waals surface area contributed by atoms with Crippen LogP contribution in [0.15, 0.2) is 16.9 Å². The Morgan fingerprint density at radius 3 is 2.44 bits per heavy atom. The van der Waals surface area contributed by atoms with E-state index in [9.17, 15) is 15.0 Å². The van der Waals surface area contributed by atoms with E-state index in [4.69, 9.17) is 0 Å². The van der Waals surface area contributed by atoms with Crippen molar-refractivity contribution in [2.75, 3.05) is 0 Å². The molecular weight excluding hydrogens is 204 g/mol. The number of aliphatic hydroxyl groups is 1. The van der Waals surface area contributed by atoms with Crippen LogP contribution in [0.2, 0.25) is 0 Å². The number of aliphatic hydroxyl groups excluding tert-OH is 1. The average Bonchev–Trinajstić information content (AvgIpc) is 2.94. The van der Waals surface area contributed by atoms with Crippen LogP contribution in [0.3, 0.4) is 0 Å². The lowest BCUT2D eigenvalue weighted by atomic mass is 9.82. The molecule has 0 atom stereocenters. The summed E-state index contributed by atoms with van der Waals surface area (Å²) < 4.78 is 0. The van der Waals surface area contributed by atoms with Crippen molar-refractivity contribution in [3.05, 3.63) is 27.9 Å². The quantitative estimate of drug-likeness (QED) is 0.767. The van der Waals surface area contributed by atoms with E-state index in [0.717, 1.165) is 36.6 Å². The molecule has 0 heterocycles. The molecule has 3 rings (SSSR count). The number of phenols is 1. The zero-order valence-electron chi connectivity index (χ0n) is 8.94. The van der Waals surface area contributed by atoms with Crippen molar-refractivity contribution in [2.24, 2.45) is 0 Å². The SMILES string of the molecule is O=c1c2c(O)ccc(C3CCC(O)CC3)c12. The first-order chi connectivity index (χ1) is 7.68. The van der Waals surface area contributed by atoms with Gasteiger partial charge in [-0.15, -0.1) is 0 Å². The summed E-state index contributed by atoms with van der Waals surface area (Å²) in [6.07, 6.45) is 3.33. The number of phenolic OH excluding ortho intramolecular Hbond substituents is 1. The number of aromatic hydroxyl groups is 1. The van der Waals surface area contributed by atoms with E-state index in [0.29, 0.717) is 11.3 Å². The van der Waals surface area contributed by atoms with Gasteiger partial charge in [0.1, 0.15) is 5.75 Å². The van der Waals surface area contributed by atoms with Crippen LogP contribution in [-0.4, -0.2) is 16.3 Å².